The van der Waals surface area contributed by atoms with Crippen molar-refractivity contribution in [2.24, 2.45) is 0 Å². The van der Waals surface area contributed by atoms with Crippen LogP contribution in [0, 0.1) is 0 Å². The molecular weight excluding hydrogens is 318 g/mol. The topological polar surface area (TPSA) is 69.7 Å². The third-order valence-electron chi connectivity index (χ3n) is 4.21. The van der Waals surface area contributed by atoms with Crippen LogP contribution >= 0.6 is 11.6 Å². The second kappa shape index (κ2) is 6.58. The predicted molar refractivity (Wildman–Crippen MR) is 84.6 cm³/mol. The zero-order chi connectivity index (χ0) is 16.4. The van der Waals surface area contributed by atoms with Crippen LogP contribution in [0.4, 0.5) is 0 Å². The first kappa shape index (κ1) is 15.8. The van der Waals surface area contributed by atoms with Crippen molar-refractivity contribution in [1.82, 2.24) is 15.1 Å². The van der Waals surface area contributed by atoms with Crippen molar-refractivity contribution in [3.05, 3.63) is 34.9 Å². The zero-order valence-electron chi connectivity index (χ0n) is 12.6. The van der Waals surface area contributed by atoms with Crippen molar-refractivity contribution < 1.29 is 14.4 Å². The zero-order valence-corrected chi connectivity index (χ0v) is 13.4. The van der Waals surface area contributed by atoms with Crippen molar-refractivity contribution in [3.63, 3.8) is 0 Å². The number of nitrogens with one attached hydrogen (secondary N) is 1. The molecule has 122 valence electrons. The fraction of sp³-hybridized carbons (Fsp3) is 0.438. The number of rotatable bonds is 4. The van der Waals surface area contributed by atoms with Gasteiger partial charge in [0.1, 0.15) is 19.1 Å². The molecule has 2 saturated heterocycles. The molecule has 1 unspecified atom stereocenters. The average molecular weight is 336 g/mol. The van der Waals surface area contributed by atoms with E-state index in [1.54, 1.807) is 17.0 Å². The Balaban J connectivity index is 1.55. The average Bonchev–Trinajstić information content (AvgIpc) is 3.01. The van der Waals surface area contributed by atoms with Crippen molar-refractivity contribution in [1.29, 1.82) is 0 Å². The van der Waals surface area contributed by atoms with Gasteiger partial charge in [0.05, 0.1) is 0 Å². The number of piperazine rings is 1. The number of halogens is 1. The van der Waals surface area contributed by atoms with Gasteiger partial charge in [-0.05, 0) is 30.5 Å². The van der Waals surface area contributed by atoms with E-state index in [1.807, 2.05) is 12.1 Å². The van der Waals surface area contributed by atoms with Crippen molar-refractivity contribution in [2.45, 2.75) is 25.4 Å². The van der Waals surface area contributed by atoms with Gasteiger partial charge in [0.15, 0.2) is 0 Å². The molecule has 2 aliphatic heterocycles. The molecule has 6 nitrogen and oxygen atoms in total. The van der Waals surface area contributed by atoms with Crippen LogP contribution in [0.15, 0.2) is 24.3 Å². The van der Waals surface area contributed by atoms with Crippen molar-refractivity contribution >= 4 is 29.3 Å². The van der Waals surface area contributed by atoms with Gasteiger partial charge in [-0.3, -0.25) is 14.4 Å². The maximum absolute atomic E-state index is 12.3. The molecular formula is C16H18ClN3O3. The highest BCUT2D eigenvalue weighted by molar-refractivity contribution is 6.30. The van der Waals surface area contributed by atoms with Crippen LogP contribution in [0.25, 0.3) is 0 Å². The van der Waals surface area contributed by atoms with E-state index >= 15 is 0 Å². The summed E-state index contributed by atoms with van der Waals surface area (Å²) in [6.07, 6.45) is 1.53. The van der Waals surface area contributed by atoms with Crippen LogP contribution in [-0.4, -0.2) is 53.2 Å². The molecule has 0 spiro atoms. The summed E-state index contributed by atoms with van der Waals surface area (Å²) in [5, 5.41) is 3.36. The number of hydrogen-bond acceptors (Lipinski definition) is 3. The summed E-state index contributed by atoms with van der Waals surface area (Å²) in [5.74, 6) is -0.479. The van der Waals surface area contributed by atoms with Crippen LogP contribution in [-0.2, 0) is 20.9 Å². The third kappa shape index (κ3) is 3.47. The number of benzene rings is 1. The Morgan fingerprint density at radius 1 is 1.35 bits per heavy atom. The Morgan fingerprint density at radius 2 is 2.17 bits per heavy atom. The minimum atomic E-state index is -0.378. The first-order chi connectivity index (χ1) is 11.0. The molecule has 2 fully saturated rings. The maximum Gasteiger partial charge on any atom is 0.246 e. The highest BCUT2D eigenvalue weighted by Gasteiger charge is 2.42. The Hall–Kier alpha value is -2.08. The van der Waals surface area contributed by atoms with Gasteiger partial charge >= 0.3 is 0 Å². The number of hydrogen-bond donors (Lipinski definition) is 1. The lowest BCUT2D eigenvalue weighted by molar-refractivity contribution is -0.154. The van der Waals surface area contributed by atoms with E-state index in [4.69, 9.17) is 11.6 Å². The van der Waals surface area contributed by atoms with Gasteiger partial charge in [-0.15, -0.1) is 0 Å². The molecule has 0 radical (unpaired) electrons. The van der Waals surface area contributed by atoms with E-state index in [1.165, 1.54) is 4.90 Å². The summed E-state index contributed by atoms with van der Waals surface area (Å²) in [6, 6.07) is 6.83. The summed E-state index contributed by atoms with van der Waals surface area (Å²) in [7, 11) is 0. The molecule has 2 heterocycles. The van der Waals surface area contributed by atoms with Crippen LogP contribution in [0.2, 0.25) is 5.02 Å². The summed E-state index contributed by atoms with van der Waals surface area (Å²) in [5.41, 5.74) is 0.883. The lowest BCUT2D eigenvalue weighted by Crippen LogP contribution is -2.58. The third-order valence-corrected chi connectivity index (χ3v) is 4.44. The van der Waals surface area contributed by atoms with E-state index < -0.39 is 0 Å². The number of carbonyl (C=O) groups is 3. The minimum absolute atomic E-state index is 0.0140. The number of carbonyl (C=O) groups excluding carboxylic acids is 3. The van der Waals surface area contributed by atoms with E-state index in [0.29, 0.717) is 24.5 Å². The SMILES string of the molecule is O=C(CN1CC(=O)N2CCCC2C1=O)NCc1cccc(Cl)c1. The molecule has 1 N–H and O–H groups in total. The second-order valence-electron chi connectivity index (χ2n) is 5.85. The molecule has 1 atom stereocenters. The van der Waals surface area contributed by atoms with Gasteiger partial charge in [0, 0.05) is 18.1 Å². The molecule has 7 heteroatoms. The van der Waals surface area contributed by atoms with Gasteiger partial charge < -0.3 is 15.1 Å². The quantitative estimate of drug-likeness (QED) is 0.884. The Morgan fingerprint density at radius 3 is 2.96 bits per heavy atom. The fourth-order valence-electron chi connectivity index (χ4n) is 3.08. The molecule has 23 heavy (non-hydrogen) atoms. The van der Waals surface area contributed by atoms with Crippen LogP contribution in [0.5, 0.6) is 0 Å². The second-order valence-corrected chi connectivity index (χ2v) is 6.28. The van der Waals surface area contributed by atoms with Crippen LogP contribution < -0.4 is 5.32 Å². The number of nitrogens with zero attached hydrogens (tertiary/aromatic N) is 2. The first-order valence-electron chi connectivity index (χ1n) is 7.64. The molecule has 0 aliphatic carbocycles. The number of amides is 3. The fourth-order valence-corrected chi connectivity index (χ4v) is 3.29. The highest BCUT2D eigenvalue weighted by atomic mass is 35.5. The molecule has 3 amide bonds. The van der Waals surface area contributed by atoms with Gasteiger partial charge in [0.2, 0.25) is 17.7 Å². The normalized spacial score (nSPS) is 20.7. The van der Waals surface area contributed by atoms with Gasteiger partial charge in [0.25, 0.3) is 0 Å². The molecule has 1 aromatic carbocycles. The lowest BCUT2D eigenvalue weighted by Gasteiger charge is -2.35. The van der Waals surface area contributed by atoms with Crippen LogP contribution in [0.3, 0.4) is 0 Å². The molecule has 0 saturated carbocycles. The Kier molecular flexibility index (Phi) is 4.52. The monoisotopic (exact) mass is 335 g/mol. The molecule has 0 bridgehead atoms. The Bertz CT molecular complexity index is 649. The van der Waals surface area contributed by atoms with E-state index in [-0.39, 0.29) is 36.9 Å². The molecule has 3 rings (SSSR count). The van der Waals surface area contributed by atoms with Gasteiger partial charge in [-0.1, -0.05) is 23.7 Å². The summed E-state index contributed by atoms with van der Waals surface area (Å²) in [4.78, 5) is 39.4. The van der Waals surface area contributed by atoms with Crippen molar-refractivity contribution in [3.8, 4) is 0 Å². The first-order valence-corrected chi connectivity index (χ1v) is 8.02. The van der Waals surface area contributed by atoms with Gasteiger partial charge in [-0.2, -0.15) is 0 Å². The van der Waals surface area contributed by atoms with E-state index in [9.17, 15) is 14.4 Å². The largest absolute Gasteiger partial charge is 0.350 e. The summed E-state index contributed by atoms with van der Waals surface area (Å²) < 4.78 is 0. The minimum Gasteiger partial charge on any atom is -0.350 e. The molecule has 2 aliphatic rings. The Labute approximate surface area is 139 Å². The van der Waals surface area contributed by atoms with E-state index in [0.717, 1.165) is 12.0 Å². The molecule has 1 aromatic rings. The van der Waals surface area contributed by atoms with Gasteiger partial charge in [-0.25, -0.2) is 0 Å². The smallest absolute Gasteiger partial charge is 0.246 e. The van der Waals surface area contributed by atoms with E-state index in [2.05, 4.69) is 5.32 Å². The lowest BCUT2D eigenvalue weighted by atomic mass is 10.1. The van der Waals surface area contributed by atoms with Crippen LogP contribution in [0.1, 0.15) is 18.4 Å². The highest BCUT2D eigenvalue weighted by Crippen LogP contribution is 2.23. The van der Waals surface area contributed by atoms with Crippen molar-refractivity contribution in [2.75, 3.05) is 19.6 Å². The summed E-state index contributed by atoms with van der Waals surface area (Å²) >= 11 is 5.89. The number of fused-ring (bicyclic) bond motifs is 1. The predicted octanol–water partition coefficient (Wildman–Crippen LogP) is 0.789. The molecule has 0 aromatic heterocycles. The summed E-state index contributed by atoms with van der Waals surface area (Å²) in [6.45, 7) is 0.879. The maximum atomic E-state index is 12.3. The standard InChI is InChI=1S/C16H18ClN3O3/c17-12-4-1-3-11(7-12)8-18-14(21)9-19-10-15(22)20-6-2-5-13(20)16(19)23/h1,3-4,7,13H,2,5-6,8-10H2,(H,18,21).